The van der Waals surface area contributed by atoms with Crippen molar-refractivity contribution in [2.75, 3.05) is 6.61 Å². The van der Waals surface area contributed by atoms with E-state index in [9.17, 15) is 9.59 Å². The number of benzene rings is 2. The van der Waals surface area contributed by atoms with Crippen LogP contribution in [0.3, 0.4) is 0 Å². The molecule has 3 rings (SSSR count). The molecule has 2 aromatic carbocycles. The highest BCUT2D eigenvalue weighted by Crippen LogP contribution is 2.17. The van der Waals surface area contributed by atoms with Crippen LogP contribution >= 0.6 is 0 Å². The lowest BCUT2D eigenvalue weighted by Crippen LogP contribution is -2.43. The van der Waals surface area contributed by atoms with Gasteiger partial charge in [-0.15, -0.1) is 0 Å². The van der Waals surface area contributed by atoms with E-state index in [1.807, 2.05) is 48.0 Å². The van der Waals surface area contributed by atoms with Crippen molar-refractivity contribution < 1.29 is 19.8 Å². The standard InChI is InChI=1S/C19H19N3O4/c1-22-16-5-3-2-4-14(16)20-17(22)10-12-6-8-13(9-7-12)18(24)21-15(11-23)19(25)26/h2-9,15,23H,10-11H2,1H3,(H,21,24)(H,25,26). The van der Waals surface area contributed by atoms with E-state index in [1.54, 1.807) is 12.1 Å². The predicted molar refractivity (Wildman–Crippen MR) is 95.9 cm³/mol. The predicted octanol–water partition coefficient (Wildman–Crippen LogP) is 1.34. The molecule has 0 bridgehead atoms. The number of amides is 1. The van der Waals surface area contributed by atoms with Gasteiger partial charge in [0.25, 0.3) is 5.91 Å². The van der Waals surface area contributed by atoms with Crippen molar-refractivity contribution in [3.63, 3.8) is 0 Å². The zero-order chi connectivity index (χ0) is 18.7. The molecule has 7 nitrogen and oxygen atoms in total. The number of carbonyl (C=O) groups excluding carboxylic acids is 1. The Labute approximate surface area is 149 Å². The number of para-hydroxylation sites is 2. The Hall–Kier alpha value is -3.19. The van der Waals surface area contributed by atoms with Gasteiger partial charge in [-0.25, -0.2) is 9.78 Å². The monoisotopic (exact) mass is 353 g/mol. The minimum Gasteiger partial charge on any atom is -0.480 e. The summed E-state index contributed by atoms with van der Waals surface area (Å²) in [6.45, 7) is -0.661. The fourth-order valence-electron chi connectivity index (χ4n) is 2.74. The largest absolute Gasteiger partial charge is 0.480 e. The Morgan fingerprint density at radius 2 is 1.85 bits per heavy atom. The van der Waals surface area contributed by atoms with Crippen LogP contribution in [0.15, 0.2) is 48.5 Å². The van der Waals surface area contributed by atoms with Crippen LogP contribution in [0.4, 0.5) is 0 Å². The molecular weight excluding hydrogens is 334 g/mol. The molecular formula is C19H19N3O4. The Bertz CT molecular complexity index is 947. The molecule has 3 N–H and O–H groups in total. The maximum absolute atomic E-state index is 12.1. The Balaban J connectivity index is 1.74. The normalized spacial score (nSPS) is 12.1. The Morgan fingerprint density at radius 3 is 2.46 bits per heavy atom. The molecule has 1 amide bonds. The smallest absolute Gasteiger partial charge is 0.328 e. The molecule has 26 heavy (non-hydrogen) atoms. The molecule has 1 aromatic heterocycles. The highest BCUT2D eigenvalue weighted by Gasteiger charge is 2.19. The van der Waals surface area contributed by atoms with Crippen LogP contribution in [0, 0.1) is 0 Å². The van der Waals surface area contributed by atoms with Gasteiger partial charge in [0.05, 0.1) is 17.6 Å². The van der Waals surface area contributed by atoms with E-state index in [2.05, 4.69) is 10.3 Å². The van der Waals surface area contributed by atoms with Gasteiger partial charge in [0.2, 0.25) is 0 Å². The summed E-state index contributed by atoms with van der Waals surface area (Å²) in [4.78, 5) is 27.6. The molecule has 0 aliphatic rings. The number of aryl methyl sites for hydroxylation is 1. The number of hydrogen-bond donors (Lipinski definition) is 3. The van der Waals surface area contributed by atoms with Crippen LogP contribution < -0.4 is 5.32 Å². The first-order chi connectivity index (χ1) is 12.5. The van der Waals surface area contributed by atoms with Crippen LogP contribution in [0.5, 0.6) is 0 Å². The van der Waals surface area contributed by atoms with Gasteiger partial charge < -0.3 is 20.1 Å². The molecule has 1 atom stereocenters. The van der Waals surface area contributed by atoms with Crippen LogP contribution in [0.1, 0.15) is 21.7 Å². The second-order valence-corrected chi connectivity index (χ2v) is 6.00. The van der Waals surface area contributed by atoms with Crippen molar-refractivity contribution in [3.05, 3.63) is 65.5 Å². The number of carboxylic acids is 1. The SMILES string of the molecule is Cn1c(Cc2ccc(C(=O)NC(CO)C(=O)O)cc2)nc2ccccc21. The molecule has 0 aliphatic heterocycles. The number of aliphatic hydroxyl groups is 1. The summed E-state index contributed by atoms with van der Waals surface area (Å²) in [5.74, 6) is -0.908. The summed E-state index contributed by atoms with van der Waals surface area (Å²) in [5.41, 5.74) is 3.31. The minimum absolute atomic E-state index is 0.332. The Kier molecular flexibility index (Phi) is 4.99. The van der Waals surface area contributed by atoms with Crippen LogP contribution in [-0.2, 0) is 18.3 Å². The lowest BCUT2D eigenvalue weighted by molar-refractivity contribution is -0.140. The van der Waals surface area contributed by atoms with Gasteiger partial charge in [-0.1, -0.05) is 24.3 Å². The minimum atomic E-state index is -1.32. The molecule has 0 fully saturated rings. The molecule has 7 heteroatoms. The molecule has 3 aromatic rings. The molecule has 0 aliphatic carbocycles. The van der Waals surface area contributed by atoms with E-state index in [0.717, 1.165) is 22.4 Å². The van der Waals surface area contributed by atoms with Gasteiger partial charge in [-0.2, -0.15) is 0 Å². The van der Waals surface area contributed by atoms with Gasteiger partial charge >= 0.3 is 5.97 Å². The zero-order valence-corrected chi connectivity index (χ0v) is 14.2. The van der Waals surface area contributed by atoms with Crippen LogP contribution in [0.25, 0.3) is 11.0 Å². The summed E-state index contributed by atoms with van der Waals surface area (Å²) in [6, 6.07) is 13.5. The van der Waals surface area contributed by atoms with E-state index < -0.39 is 24.5 Å². The lowest BCUT2D eigenvalue weighted by Gasteiger charge is -2.11. The second-order valence-electron chi connectivity index (χ2n) is 6.00. The quantitative estimate of drug-likeness (QED) is 0.620. The molecule has 134 valence electrons. The number of aliphatic hydroxyl groups excluding tert-OH is 1. The number of imidazole rings is 1. The number of carboxylic acid groups (broad SMARTS) is 1. The summed E-state index contributed by atoms with van der Waals surface area (Å²) in [7, 11) is 1.97. The molecule has 0 radical (unpaired) electrons. The first-order valence-corrected chi connectivity index (χ1v) is 8.13. The number of nitrogens with one attached hydrogen (secondary N) is 1. The van der Waals surface area contributed by atoms with Gasteiger partial charge in [-0.05, 0) is 29.8 Å². The van der Waals surface area contributed by atoms with E-state index in [0.29, 0.717) is 12.0 Å². The van der Waals surface area contributed by atoms with Gasteiger partial charge in [-0.3, -0.25) is 4.79 Å². The van der Waals surface area contributed by atoms with Crippen LogP contribution in [-0.4, -0.2) is 44.3 Å². The highest BCUT2D eigenvalue weighted by molar-refractivity contribution is 5.96. The highest BCUT2D eigenvalue weighted by atomic mass is 16.4. The fraction of sp³-hybridized carbons (Fsp3) is 0.211. The van der Waals surface area contributed by atoms with E-state index >= 15 is 0 Å². The number of carbonyl (C=O) groups is 2. The van der Waals surface area contributed by atoms with Crippen molar-refractivity contribution in [2.24, 2.45) is 7.05 Å². The van der Waals surface area contributed by atoms with Crippen molar-refractivity contribution in [1.82, 2.24) is 14.9 Å². The Morgan fingerprint density at radius 1 is 1.15 bits per heavy atom. The third kappa shape index (κ3) is 3.57. The fourth-order valence-corrected chi connectivity index (χ4v) is 2.74. The third-order valence-corrected chi connectivity index (χ3v) is 4.24. The molecule has 0 saturated carbocycles. The summed E-state index contributed by atoms with van der Waals surface area (Å²) in [5, 5.41) is 20.1. The van der Waals surface area contributed by atoms with E-state index in [-0.39, 0.29) is 0 Å². The maximum atomic E-state index is 12.1. The van der Waals surface area contributed by atoms with E-state index in [1.165, 1.54) is 0 Å². The lowest BCUT2D eigenvalue weighted by atomic mass is 10.1. The second kappa shape index (κ2) is 7.37. The first-order valence-electron chi connectivity index (χ1n) is 8.13. The molecule has 1 unspecified atom stereocenters. The summed E-state index contributed by atoms with van der Waals surface area (Å²) < 4.78 is 2.04. The van der Waals surface area contributed by atoms with Gasteiger partial charge in [0.1, 0.15) is 5.82 Å². The number of fused-ring (bicyclic) bond motifs is 1. The molecule has 1 heterocycles. The average molecular weight is 353 g/mol. The van der Waals surface area contributed by atoms with Gasteiger partial charge in [0, 0.05) is 19.0 Å². The number of aromatic nitrogens is 2. The van der Waals surface area contributed by atoms with Crippen molar-refractivity contribution in [1.29, 1.82) is 0 Å². The molecule has 0 spiro atoms. The van der Waals surface area contributed by atoms with Crippen molar-refractivity contribution in [3.8, 4) is 0 Å². The van der Waals surface area contributed by atoms with Crippen molar-refractivity contribution in [2.45, 2.75) is 12.5 Å². The van der Waals surface area contributed by atoms with Crippen molar-refractivity contribution >= 4 is 22.9 Å². The number of hydrogen-bond acceptors (Lipinski definition) is 4. The first kappa shape index (κ1) is 17.6. The maximum Gasteiger partial charge on any atom is 0.328 e. The summed E-state index contributed by atoms with van der Waals surface area (Å²) >= 11 is 0. The molecule has 0 saturated heterocycles. The number of aliphatic carboxylic acids is 1. The average Bonchev–Trinajstić information content (AvgIpc) is 2.96. The zero-order valence-electron chi connectivity index (χ0n) is 14.2. The topological polar surface area (TPSA) is 104 Å². The third-order valence-electron chi connectivity index (χ3n) is 4.24. The van der Waals surface area contributed by atoms with E-state index in [4.69, 9.17) is 10.2 Å². The van der Waals surface area contributed by atoms with Gasteiger partial charge in [0.15, 0.2) is 6.04 Å². The van der Waals surface area contributed by atoms with Crippen LogP contribution in [0.2, 0.25) is 0 Å². The number of nitrogens with zero attached hydrogens (tertiary/aromatic N) is 2. The summed E-state index contributed by atoms with van der Waals surface area (Å²) in [6.07, 6.45) is 0.613. The number of rotatable bonds is 6.